The third-order valence-corrected chi connectivity index (χ3v) is 9.70. The molecule has 3 unspecified atom stereocenters. The second kappa shape index (κ2) is 8.08. The highest BCUT2D eigenvalue weighted by Crippen LogP contribution is 2.54. The molecule has 2 aliphatic carbocycles. The molecule has 2 aliphatic rings. The molecule has 5 atom stereocenters. The number of hydrogen-bond acceptors (Lipinski definition) is 4. The molecule has 5 nitrogen and oxygen atoms in total. The summed E-state index contributed by atoms with van der Waals surface area (Å²) in [5.41, 5.74) is -0.985. The molecule has 4 rings (SSSR count). The van der Waals surface area contributed by atoms with Gasteiger partial charge in [-0.3, -0.25) is 4.79 Å². The third-order valence-electron chi connectivity index (χ3n) is 7.04. The number of amides is 1. The van der Waals surface area contributed by atoms with Crippen LogP contribution in [0.3, 0.4) is 0 Å². The highest BCUT2D eigenvalue weighted by Gasteiger charge is 2.56. The van der Waals surface area contributed by atoms with E-state index in [0.29, 0.717) is 18.9 Å². The summed E-state index contributed by atoms with van der Waals surface area (Å²) in [6.07, 6.45) is 1.41. The van der Waals surface area contributed by atoms with Gasteiger partial charge in [-0.25, -0.2) is 17.2 Å². The number of benzene rings is 2. The highest BCUT2D eigenvalue weighted by atomic mass is 35.5. The van der Waals surface area contributed by atoms with Gasteiger partial charge in [-0.15, -0.1) is 0 Å². The van der Waals surface area contributed by atoms with Crippen LogP contribution in [0.5, 0.6) is 0 Å². The van der Waals surface area contributed by atoms with Crippen molar-refractivity contribution < 1.29 is 27.1 Å². The number of carbonyl (C=O) groups is 1. The fraction of sp³-hybridized carbons (Fsp3) is 0.435. The fourth-order valence-electron chi connectivity index (χ4n) is 5.36. The molecule has 0 spiro atoms. The van der Waals surface area contributed by atoms with Gasteiger partial charge in [-0.1, -0.05) is 18.5 Å². The van der Waals surface area contributed by atoms with Crippen molar-refractivity contribution in [3.05, 3.63) is 58.6 Å². The molecule has 0 aliphatic heterocycles. The summed E-state index contributed by atoms with van der Waals surface area (Å²) in [5, 5.41) is 12.5. The van der Waals surface area contributed by atoms with E-state index in [-0.39, 0.29) is 38.9 Å². The number of hydrogen-bond donors (Lipinski definition) is 2. The monoisotopic (exact) mass is 483 g/mol. The average Bonchev–Trinajstić information content (AvgIpc) is 2.81. The minimum Gasteiger partial charge on any atom is -0.390 e. The van der Waals surface area contributed by atoms with Crippen LogP contribution in [0.15, 0.2) is 41.3 Å². The fourth-order valence-corrected chi connectivity index (χ4v) is 7.73. The minimum atomic E-state index is -3.88. The van der Waals surface area contributed by atoms with Gasteiger partial charge >= 0.3 is 0 Å². The average molecular weight is 484 g/mol. The van der Waals surface area contributed by atoms with Gasteiger partial charge < -0.3 is 10.4 Å². The van der Waals surface area contributed by atoms with Crippen LogP contribution in [0.4, 0.5) is 14.5 Å². The molecule has 9 heteroatoms. The lowest BCUT2D eigenvalue weighted by Gasteiger charge is -2.40. The molecule has 0 aromatic heterocycles. The van der Waals surface area contributed by atoms with Crippen molar-refractivity contribution in [1.82, 2.24) is 0 Å². The number of halogens is 3. The summed E-state index contributed by atoms with van der Waals surface area (Å²) >= 11 is 6.22. The van der Waals surface area contributed by atoms with E-state index in [1.165, 1.54) is 18.2 Å². The summed E-state index contributed by atoms with van der Waals surface area (Å²) < 4.78 is 53.7. The predicted molar refractivity (Wildman–Crippen MR) is 117 cm³/mol. The van der Waals surface area contributed by atoms with Crippen LogP contribution in [-0.2, 0) is 9.84 Å². The molecule has 2 saturated carbocycles. The normalized spacial score (nSPS) is 29.7. The molecule has 2 bridgehead atoms. The maximum Gasteiger partial charge on any atom is 0.255 e. The van der Waals surface area contributed by atoms with Crippen LogP contribution in [0.1, 0.15) is 43.5 Å². The molecule has 2 aromatic rings. The number of anilines is 1. The van der Waals surface area contributed by atoms with Gasteiger partial charge in [-0.2, -0.15) is 0 Å². The number of carbonyl (C=O) groups excluding carboxylic acids is 1. The first kappa shape index (κ1) is 23.1. The van der Waals surface area contributed by atoms with Gasteiger partial charge in [0, 0.05) is 17.3 Å². The van der Waals surface area contributed by atoms with Gasteiger partial charge in [0.2, 0.25) is 0 Å². The lowest BCUT2D eigenvalue weighted by Crippen LogP contribution is -2.46. The first-order valence-electron chi connectivity index (χ1n) is 10.4. The van der Waals surface area contributed by atoms with Crippen molar-refractivity contribution in [2.45, 2.75) is 48.9 Å². The Morgan fingerprint density at radius 1 is 1.12 bits per heavy atom. The summed E-state index contributed by atoms with van der Waals surface area (Å²) in [4.78, 5) is 12.5. The first-order chi connectivity index (χ1) is 14.9. The topological polar surface area (TPSA) is 83.5 Å². The predicted octanol–water partition coefficient (Wildman–Crippen LogP) is 4.83. The maximum atomic E-state index is 13.5. The Labute approximate surface area is 190 Å². The Balaban J connectivity index is 1.62. The smallest absolute Gasteiger partial charge is 0.255 e. The van der Waals surface area contributed by atoms with Gasteiger partial charge in [0.15, 0.2) is 9.84 Å². The van der Waals surface area contributed by atoms with Crippen LogP contribution in [0, 0.1) is 29.4 Å². The minimum absolute atomic E-state index is 0.00297. The summed E-state index contributed by atoms with van der Waals surface area (Å²) in [7, 11) is -3.88. The number of aliphatic hydroxyl groups is 1. The summed E-state index contributed by atoms with van der Waals surface area (Å²) in [6.45, 7) is 3.81. The van der Waals surface area contributed by atoms with E-state index in [4.69, 9.17) is 11.6 Å². The lowest BCUT2D eigenvalue weighted by molar-refractivity contribution is -0.0466. The number of fused-ring (bicyclic) bond motifs is 2. The van der Waals surface area contributed by atoms with Crippen LogP contribution >= 0.6 is 11.6 Å². The van der Waals surface area contributed by atoms with Crippen molar-refractivity contribution in [3.8, 4) is 0 Å². The van der Waals surface area contributed by atoms with Crippen molar-refractivity contribution in [1.29, 1.82) is 0 Å². The maximum absolute atomic E-state index is 13.5. The van der Waals surface area contributed by atoms with E-state index in [9.17, 15) is 27.1 Å². The molecule has 2 N–H and O–H groups in total. The molecule has 0 radical (unpaired) electrons. The number of sulfone groups is 1. The van der Waals surface area contributed by atoms with Crippen LogP contribution in [0.25, 0.3) is 0 Å². The van der Waals surface area contributed by atoms with Gasteiger partial charge in [0.05, 0.1) is 20.8 Å². The van der Waals surface area contributed by atoms with E-state index in [2.05, 4.69) is 5.32 Å². The summed E-state index contributed by atoms with van der Waals surface area (Å²) in [5.74, 6) is -2.45. The van der Waals surface area contributed by atoms with E-state index >= 15 is 0 Å². The number of rotatable bonds is 4. The Morgan fingerprint density at radius 2 is 1.78 bits per heavy atom. The third kappa shape index (κ3) is 4.04. The Morgan fingerprint density at radius 3 is 2.41 bits per heavy atom. The van der Waals surface area contributed by atoms with Crippen molar-refractivity contribution in [3.63, 3.8) is 0 Å². The Kier molecular flexibility index (Phi) is 5.84. The van der Waals surface area contributed by atoms with Gasteiger partial charge in [-0.05, 0) is 74.3 Å². The first-order valence-corrected chi connectivity index (χ1v) is 12.3. The van der Waals surface area contributed by atoms with E-state index < -0.39 is 38.2 Å². The molecule has 32 heavy (non-hydrogen) atoms. The standard InChI is InChI=1S/C23H24ClF2NO4S/c1-12-5-14-7-18(11-19(12)23(14,2)29)32(30,31)21-6-13(3-4-20(21)24)22(28)27-17-9-15(25)8-16(26)10-17/h3-4,6,8-10,12,14,18-19,29H,5,7,11H2,1-2H3,(H,27,28)/t12-,14?,18?,19?,23+/m0/s1. The van der Waals surface area contributed by atoms with E-state index in [1.807, 2.05) is 6.92 Å². The van der Waals surface area contributed by atoms with Crippen molar-refractivity contribution >= 4 is 33.0 Å². The lowest BCUT2D eigenvalue weighted by atomic mass is 9.74. The number of nitrogens with one attached hydrogen (secondary N) is 1. The quantitative estimate of drug-likeness (QED) is 0.652. The molecular formula is C23H24ClF2NO4S. The summed E-state index contributed by atoms with van der Waals surface area (Å²) in [6, 6.07) is 6.47. The van der Waals surface area contributed by atoms with Crippen molar-refractivity contribution in [2.24, 2.45) is 17.8 Å². The van der Waals surface area contributed by atoms with E-state index in [0.717, 1.165) is 18.6 Å². The van der Waals surface area contributed by atoms with Crippen LogP contribution < -0.4 is 5.32 Å². The highest BCUT2D eigenvalue weighted by molar-refractivity contribution is 7.92. The molecule has 172 valence electrons. The largest absolute Gasteiger partial charge is 0.390 e. The van der Waals surface area contributed by atoms with Crippen LogP contribution in [-0.4, -0.2) is 30.3 Å². The molecule has 2 aromatic carbocycles. The second-order valence-electron chi connectivity index (χ2n) is 9.14. The van der Waals surface area contributed by atoms with Gasteiger partial charge in [0.1, 0.15) is 11.6 Å². The zero-order valence-corrected chi connectivity index (χ0v) is 19.2. The van der Waals surface area contributed by atoms with Crippen molar-refractivity contribution in [2.75, 3.05) is 5.32 Å². The molecule has 1 amide bonds. The zero-order chi connectivity index (χ0) is 23.4. The van der Waals surface area contributed by atoms with Crippen LogP contribution in [0.2, 0.25) is 5.02 Å². The second-order valence-corrected chi connectivity index (χ2v) is 11.7. The molecule has 2 fully saturated rings. The Bertz CT molecular complexity index is 1160. The zero-order valence-electron chi connectivity index (χ0n) is 17.6. The molecule has 0 heterocycles. The SMILES string of the molecule is C[C@H]1CC2CC(S(=O)(=O)c3cc(C(=O)Nc4cc(F)cc(F)c4)ccc3Cl)CC1[C@]2(C)O. The van der Waals surface area contributed by atoms with Gasteiger partial charge in [0.25, 0.3) is 5.91 Å². The van der Waals surface area contributed by atoms with E-state index in [1.54, 1.807) is 6.92 Å². The Hall–Kier alpha value is -2.03. The molecular weight excluding hydrogens is 460 g/mol. The molecule has 0 saturated heterocycles.